The van der Waals surface area contributed by atoms with E-state index in [-0.39, 0.29) is 24.0 Å². The Morgan fingerprint density at radius 1 is 1.37 bits per heavy atom. The summed E-state index contributed by atoms with van der Waals surface area (Å²) in [6.45, 7) is 2.47. The predicted molar refractivity (Wildman–Crippen MR) is 94.3 cm³/mol. The number of rotatable bonds is 7. The van der Waals surface area contributed by atoms with Gasteiger partial charge in [-0.2, -0.15) is 0 Å². The van der Waals surface area contributed by atoms with Crippen molar-refractivity contribution in [3.05, 3.63) is 21.3 Å². The number of hydrogen-bond donors (Lipinski definition) is 2. The Kier molecular flexibility index (Phi) is 11.7. The molecule has 1 aromatic heterocycles. The summed E-state index contributed by atoms with van der Waals surface area (Å²) in [5.41, 5.74) is 0. The molecule has 4 nitrogen and oxygen atoms in total. The van der Waals surface area contributed by atoms with Crippen LogP contribution in [0.4, 0.5) is 0 Å². The Bertz CT molecular complexity index is 374. The first-order valence-electron chi connectivity index (χ1n) is 5.94. The number of hydrogen-bond acceptors (Lipinski definition) is 3. The van der Waals surface area contributed by atoms with E-state index in [0.29, 0.717) is 0 Å². The number of ether oxygens (including phenoxy) is 1. The highest BCUT2D eigenvalue weighted by Crippen LogP contribution is 2.21. The Morgan fingerprint density at radius 2 is 2.11 bits per heavy atom. The molecule has 110 valence electrons. The van der Waals surface area contributed by atoms with E-state index in [1.54, 1.807) is 25.5 Å². The third kappa shape index (κ3) is 8.67. The normalized spacial score (nSPS) is 11.0. The van der Waals surface area contributed by atoms with E-state index in [1.165, 1.54) is 4.88 Å². The van der Waals surface area contributed by atoms with Gasteiger partial charge in [0.1, 0.15) is 0 Å². The molecule has 0 fully saturated rings. The third-order valence-corrected chi connectivity index (χ3v) is 3.62. The zero-order valence-electron chi connectivity index (χ0n) is 11.2. The molecule has 0 atom stereocenters. The molecule has 1 aromatic rings. The summed E-state index contributed by atoms with van der Waals surface area (Å²) in [4.78, 5) is 5.43. The van der Waals surface area contributed by atoms with Crippen LogP contribution < -0.4 is 10.6 Å². The van der Waals surface area contributed by atoms with Crippen LogP contribution in [-0.4, -0.2) is 39.8 Å². The van der Waals surface area contributed by atoms with Crippen LogP contribution in [0, 0.1) is 0 Å². The summed E-state index contributed by atoms with van der Waals surface area (Å²) in [7, 11) is 3.48. The van der Waals surface area contributed by atoms with Gasteiger partial charge < -0.3 is 15.4 Å². The molecule has 0 spiro atoms. The Hall–Kier alpha value is -0.0500. The number of guanidine groups is 1. The SMILES string of the molecule is CN=C(NCCCOC)NCCc1ccc(Cl)s1.I. The second-order valence-electron chi connectivity index (χ2n) is 3.73. The molecule has 0 amide bonds. The van der Waals surface area contributed by atoms with Crippen molar-refractivity contribution in [3.8, 4) is 0 Å². The van der Waals surface area contributed by atoms with Crippen LogP contribution in [0.15, 0.2) is 17.1 Å². The van der Waals surface area contributed by atoms with Gasteiger partial charge in [-0.3, -0.25) is 4.99 Å². The average Bonchev–Trinajstić information content (AvgIpc) is 2.78. The minimum Gasteiger partial charge on any atom is -0.385 e. The van der Waals surface area contributed by atoms with E-state index in [1.807, 2.05) is 6.07 Å². The Balaban J connectivity index is 0.00000324. The van der Waals surface area contributed by atoms with Crippen molar-refractivity contribution >= 4 is 52.9 Å². The zero-order valence-corrected chi connectivity index (χ0v) is 15.1. The Morgan fingerprint density at radius 3 is 2.68 bits per heavy atom. The van der Waals surface area contributed by atoms with E-state index in [0.717, 1.165) is 42.8 Å². The summed E-state index contributed by atoms with van der Waals surface area (Å²) in [6.07, 6.45) is 1.92. The molecule has 0 unspecified atom stereocenters. The maximum atomic E-state index is 5.88. The van der Waals surface area contributed by atoms with Gasteiger partial charge in [-0.1, -0.05) is 11.6 Å². The van der Waals surface area contributed by atoms with Crippen LogP contribution >= 0.6 is 46.9 Å². The first-order valence-corrected chi connectivity index (χ1v) is 7.13. The molecule has 0 aliphatic heterocycles. The highest BCUT2D eigenvalue weighted by Gasteiger charge is 1.99. The minimum absolute atomic E-state index is 0. The molecule has 0 aliphatic carbocycles. The quantitative estimate of drug-likeness (QED) is 0.310. The van der Waals surface area contributed by atoms with E-state index in [4.69, 9.17) is 16.3 Å². The van der Waals surface area contributed by atoms with Gasteiger partial charge in [0.05, 0.1) is 4.34 Å². The molecule has 0 aliphatic rings. The lowest BCUT2D eigenvalue weighted by molar-refractivity contribution is 0.195. The van der Waals surface area contributed by atoms with E-state index >= 15 is 0 Å². The zero-order chi connectivity index (χ0) is 13.2. The summed E-state index contributed by atoms with van der Waals surface area (Å²) < 4.78 is 5.83. The number of aliphatic imine (C=N–C) groups is 1. The molecule has 0 saturated heterocycles. The largest absolute Gasteiger partial charge is 0.385 e. The van der Waals surface area contributed by atoms with Crippen LogP contribution in [0.1, 0.15) is 11.3 Å². The lowest BCUT2D eigenvalue weighted by Gasteiger charge is -2.11. The molecular weight excluding hydrogens is 397 g/mol. The lowest BCUT2D eigenvalue weighted by atomic mass is 10.3. The molecule has 7 heteroatoms. The number of halogens is 2. The molecule has 0 radical (unpaired) electrons. The summed E-state index contributed by atoms with van der Waals surface area (Å²) in [6, 6.07) is 3.99. The van der Waals surface area contributed by atoms with E-state index < -0.39 is 0 Å². The fourth-order valence-corrected chi connectivity index (χ4v) is 2.52. The molecule has 2 N–H and O–H groups in total. The monoisotopic (exact) mass is 417 g/mol. The predicted octanol–water partition coefficient (Wildman–Crippen LogP) is 2.76. The van der Waals surface area contributed by atoms with Gasteiger partial charge in [0.25, 0.3) is 0 Å². The molecule has 1 rings (SSSR count). The van der Waals surface area contributed by atoms with Crippen LogP contribution in [0.5, 0.6) is 0 Å². The maximum Gasteiger partial charge on any atom is 0.190 e. The van der Waals surface area contributed by atoms with Gasteiger partial charge in [0.15, 0.2) is 5.96 Å². The van der Waals surface area contributed by atoms with Crippen molar-refractivity contribution in [2.75, 3.05) is 33.9 Å². The summed E-state index contributed by atoms with van der Waals surface area (Å²) in [5.74, 6) is 0.828. The van der Waals surface area contributed by atoms with Crippen molar-refractivity contribution in [1.29, 1.82) is 0 Å². The number of methoxy groups -OCH3 is 1. The summed E-state index contributed by atoms with van der Waals surface area (Å²) in [5, 5.41) is 6.50. The van der Waals surface area contributed by atoms with Gasteiger partial charge in [0.2, 0.25) is 0 Å². The molecule has 19 heavy (non-hydrogen) atoms. The van der Waals surface area contributed by atoms with Gasteiger partial charge in [0, 0.05) is 38.7 Å². The molecule has 0 bridgehead atoms. The van der Waals surface area contributed by atoms with Crippen molar-refractivity contribution in [1.82, 2.24) is 10.6 Å². The average molecular weight is 418 g/mol. The van der Waals surface area contributed by atoms with Crippen molar-refractivity contribution in [2.24, 2.45) is 4.99 Å². The summed E-state index contributed by atoms with van der Waals surface area (Å²) >= 11 is 7.50. The minimum atomic E-state index is 0. The Labute approximate surface area is 141 Å². The van der Waals surface area contributed by atoms with Crippen molar-refractivity contribution in [2.45, 2.75) is 12.8 Å². The van der Waals surface area contributed by atoms with Crippen LogP contribution in [0.2, 0.25) is 4.34 Å². The second-order valence-corrected chi connectivity index (χ2v) is 5.53. The molecular formula is C12H21ClIN3OS. The fourth-order valence-electron chi connectivity index (χ4n) is 1.43. The smallest absolute Gasteiger partial charge is 0.190 e. The van der Waals surface area contributed by atoms with Crippen LogP contribution in [0.25, 0.3) is 0 Å². The van der Waals surface area contributed by atoms with Crippen LogP contribution in [-0.2, 0) is 11.2 Å². The number of nitrogens with zero attached hydrogens (tertiary/aromatic N) is 1. The molecule has 1 heterocycles. The standard InChI is InChI=1S/C12H20ClN3OS.HI/c1-14-12(15-7-3-9-17-2)16-8-6-10-4-5-11(13)18-10;/h4-5H,3,6-9H2,1-2H3,(H2,14,15,16);1H. The lowest BCUT2D eigenvalue weighted by Crippen LogP contribution is -2.38. The van der Waals surface area contributed by atoms with Crippen molar-refractivity contribution < 1.29 is 4.74 Å². The first kappa shape index (κ1) is 18.9. The van der Waals surface area contributed by atoms with Crippen molar-refractivity contribution in [3.63, 3.8) is 0 Å². The second kappa shape index (κ2) is 11.7. The van der Waals surface area contributed by atoms with E-state index in [2.05, 4.69) is 21.7 Å². The number of nitrogens with one attached hydrogen (secondary N) is 2. The topological polar surface area (TPSA) is 45.7 Å². The highest BCUT2D eigenvalue weighted by molar-refractivity contribution is 14.0. The van der Waals surface area contributed by atoms with Crippen LogP contribution in [0.3, 0.4) is 0 Å². The van der Waals surface area contributed by atoms with Gasteiger partial charge >= 0.3 is 0 Å². The third-order valence-electron chi connectivity index (χ3n) is 2.33. The van der Waals surface area contributed by atoms with Gasteiger partial charge in [-0.15, -0.1) is 35.3 Å². The van der Waals surface area contributed by atoms with Gasteiger partial charge in [-0.05, 0) is 25.0 Å². The molecule has 0 aromatic carbocycles. The molecule has 0 saturated carbocycles. The number of thiophene rings is 1. The maximum absolute atomic E-state index is 5.88. The van der Waals surface area contributed by atoms with E-state index in [9.17, 15) is 0 Å². The first-order chi connectivity index (χ1) is 8.76. The highest BCUT2D eigenvalue weighted by atomic mass is 127. The van der Waals surface area contributed by atoms with Gasteiger partial charge in [-0.25, -0.2) is 0 Å². The fraction of sp³-hybridized carbons (Fsp3) is 0.583.